The van der Waals surface area contributed by atoms with Crippen LogP contribution in [0.3, 0.4) is 0 Å². The smallest absolute Gasteiger partial charge is 0.0589 e. The Bertz CT molecular complexity index is 158. The molecule has 1 unspecified atom stereocenters. The van der Waals surface area contributed by atoms with Gasteiger partial charge in [0.1, 0.15) is 0 Å². The summed E-state index contributed by atoms with van der Waals surface area (Å²) in [5, 5.41) is 3.56. The lowest BCUT2D eigenvalue weighted by atomic mass is 10.1. The minimum Gasteiger partial charge on any atom is -0.383 e. The van der Waals surface area contributed by atoms with Crippen LogP contribution in [0.5, 0.6) is 0 Å². The second kappa shape index (κ2) is 7.20. The molecule has 1 aliphatic rings. The van der Waals surface area contributed by atoms with Crippen LogP contribution in [0.2, 0.25) is 0 Å². The van der Waals surface area contributed by atoms with Crippen LogP contribution >= 0.6 is 0 Å². The van der Waals surface area contributed by atoms with Gasteiger partial charge in [0.2, 0.25) is 0 Å². The largest absolute Gasteiger partial charge is 0.383 e. The Kier molecular flexibility index (Phi) is 6.22. The zero-order chi connectivity index (χ0) is 11.1. The highest BCUT2D eigenvalue weighted by Gasteiger charge is 2.20. The van der Waals surface area contributed by atoms with Crippen molar-refractivity contribution in [3.8, 4) is 0 Å². The first-order valence-electron chi connectivity index (χ1n) is 6.24. The normalized spacial score (nSPS) is 23.6. The van der Waals surface area contributed by atoms with Crippen molar-refractivity contribution in [3.63, 3.8) is 0 Å². The van der Waals surface area contributed by atoms with Gasteiger partial charge in [-0.25, -0.2) is 0 Å². The fraction of sp³-hybridized carbons (Fsp3) is 1.00. The second-order valence-electron chi connectivity index (χ2n) is 4.54. The number of hydrogen-bond donors (Lipinski definition) is 1. The van der Waals surface area contributed by atoms with Crippen molar-refractivity contribution in [2.75, 3.05) is 33.4 Å². The molecule has 0 saturated carbocycles. The Labute approximate surface area is 94.2 Å². The number of methoxy groups -OCH3 is 1. The topological polar surface area (TPSA) is 24.5 Å². The average molecular weight is 214 g/mol. The van der Waals surface area contributed by atoms with E-state index in [1.807, 2.05) is 0 Å². The molecular formula is C12H26N2O. The van der Waals surface area contributed by atoms with Gasteiger partial charge in [-0.3, -0.25) is 4.90 Å². The zero-order valence-corrected chi connectivity index (χ0v) is 10.5. The molecule has 15 heavy (non-hydrogen) atoms. The predicted molar refractivity (Wildman–Crippen MR) is 64.2 cm³/mol. The molecule has 0 aromatic heterocycles. The van der Waals surface area contributed by atoms with E-state index in [4.69, 9.17) is 4.74 Å². The Morgan fingerprint density at radius 2 is 2.33 bits per heavy atom. The molecule has 2 atom stereocenters. The minimum atomic E-state index is 0.669. The lowest BCUT2D eigenvalue weighted by molar-refractivity contribution is 0.116. The van der Waals surface area contributed by atoms with Crippen molar-refractivity contribution in [2.45, 2.75) is 45.2 Å². The monoisotopic (exact) mass is 214 g/mol. The van der Waals surface area contributed by atoms with E-state index in [-0.39, 0.29) is 0 Å². The lowest BCUT2D eigenvalue weighted by Crippen LogP contribution is -2.43. The molecule has 1 fully saturated rings. The van der Waals surface area contributed by atoms with Crippen LogP contribution in [0.15, 0.2) is 0 Å². The molecule has 0 aromatic carbocycles. The summed E-state index contributed by atoms with van der Waals surface area (Å²) >= 11 is 0. The molecule has 0 amide bonds. The Morgan fingerprint density at radius 1 is 1.53 bits per heavy atom. The highest BCUT2D eigenvalue weighted by Crippen LogP contribution is 2.10. The zero-order valence-electron chi connectivity index (χ0n) is 10.5. The van der Waals surface area contributed by atoms with Crippen LogP contribution in [0, 0.1) is 0 Å². The van der Waals surface area contributed by atoms with Crippen molar-refractivity contribution < 1.29 is 4.74 Å². The molecule has 0 aliphatic carbocycles. The van der Waals surface area contributed by atoms with E-state index in [0.29, 0.717) is 12.1 Å². The standard InChI is InChI=1S/C12H26N2O/c1-4-11(2)14(8-9-15-3)10-12-6-5-7-13-12/h11-13H,4-10H2,1-3H3/t11?,12-/m1/s1. The van der Waals surface area contributed by atoms with Gasteiger partial charge >= 0.3 is 0 Å². The maximum Gasteiger partial charge on any atom is 0.0589 e. The fourth-order valence-corrected chi connectivity index (χ4v) is 2.15. The highest BCUT2D eigenvalue weighted by atomic mass is 16.5. The van der Waals surface area contributed by atoms with Gasteiger partial charge < -0.3 is 10.1 Å². The van der Waals surface area contributed by atoms with Crippen molar-refractivity contribution >= 4 is 0 Å². The van der Waals surface area contributed by atoms with Crippen LogP contribution in [-0.4, -0.2) is 50.3 Å². The van der Waals surface area contributed by atoms with Gasteiger partial charge in [0.15, 0.2) is 0 Å². The first kappa shape index (κ1) is 12.9. The summed E-state index contributed by atoms with van der Waals surface area (Å²) in [6.45, 7) is 8.85. The summed E-state index contributed by atoms with van der Waals surface area (Å²) in [4.78, 5) is 2.55. The summed E-state index contributed by atoms with van der Waals surface area (Å²) in [5.41, 5.74) is 0. The molecule has 1 heterocycles. The van der Waals surface area contributed by atoms with Crippen LogP contribution in [0.1, 0.15) is 33.1 Å². The lowest BCUT2D eigenvalue weighted by Gasteiger charge is -2.30. The first-order chi connectivity index (χ1) is 7.27. The second-order valence-corrected chi connectivity index (χ2v) is 4.54. The molecule has 1 saturated heterocycles. The van der Waals surface area contributed by atoms with Gasteiger partial charge in [0.05, 0.1) is 6.61 Å². The third-order valence-electron chi connectivity index (χ3n) is 3.41. The quantitative estimate of drug-likeness (QED) is 0.695. The predicted octanol–water partition coefficient (Wildman–Crippen LogP) is 1.49. The van der Waals surface area contributed by atoms with E-state index >= 15 is 0 Å². The van der Waals surface area contributed by atoms with Crippen molar-refractivity contribution in [2.24, 2.45) is 0 Å². The van der Waals surface area contributed by atoms with Crippen LogP contribution in [0.25, 0.3) is 0 Å². The van der Waals surface area contributed by atoms with Gasteiger partial charge in [-0.15, -0.1) is 0 Å². The van der Waals surface area contributed by atoms with E-state index < -0.39 is 0 Å². The minimum absolute atomic E-state index is 0.669. The third-order valence-corrected chi connectivity index (χ3v) is 3.41. The van der Waals surface area contributed by atoms with Crippen molar-refractivity contribution in [3.05, 3.63) is 0 Å². The number of rotatable bonds is 7. The summed E-state index contributed by atoms with van der Waals surface area (Å²) in [6, 6.07) is 1.37. The molecule has 1 rings (SSSR count). The number of ether oxygens (including phenoxy) is 1. The maximum atomic E-state index is 5.17. The Balaban J connectivity index is 2.32. The third kappa shape index (κ3) is 4.49. The van der Waals surface area contributed by atoms with Gasteiger partial charge in [0, 0.05) is 32.3 Å². The van der Waals surface area contributed by atoms with Gasteiger partial charge in [-0.1, -0.05) is 6.92 Å². The summed E-state index contributed by atoms with van der Waals surface area (Å²) in [6.07, 6.45) is 3.89. The first-order valence-corrected chi connectivity index (χ1v) is 6.24. The van der Waals surface area contributed by atoms with Crippen LogP contribution < -0.4 is 5.32 Å². The summed E-state index contributed by atoms with van der Waals surface area (Å²) in [7, 11) is 1.78. The SMILES string of the molecule is CCC(C)N(CCOC)C[C@H]1CCCN1. The number of nitrogens with one attached hydrogen (secondary N) is 1. The summed E-state index contributed by atoms with van der Waals surface area (Å²) in [5.74, 6) is 0. The number of hydrogen-bond acceptors (Lipinski definition) is 3. The molecule has 0 spiro atoms. The molecule has 3 heteroatoms. The molecular weight excluding hydrogens is 188 g/mol. The molecule has 90 valence electrons. The fourth-order valence-electron chi connectivity index (χ4n) is 2.15. The molecule has 0 bridgehead atoms. The Morgan fingerprint density at radius 3 is 2.87 bits per heavy atom. The highest BCUT2D eigenvalue weighted by molar-refractivity contribution is 4.79. The molecule has 1 aliphatic heterocycles. The molecule has 1 N–H and O–H groups in total. The summed E-state index contributed by atoms with van der Waals surface area (Å²) < 4.78 is 5.17. The van der Waals surface area contributed by atoms with Gasteiger partial charge in [0.25, 0.3) is 0 Å². The van der Waals surface area contributed by atoms with Gasteiger partial charge in [-0.2, -0.15) is 0 Å². The van der Waals surface area contributed by atoms with Gasteiger partial charge in [-0.05, 0) is 32.7 Å². The van der Waals surface area contributed by atoms with Crippen LogP contribution in [0.4, 0.5) is 0 Å². The van der Waals surface area contributed by atoms with Crippen molar-refractivity contribution in [1.29, 1.82) is 0 Å². The molecule has 3 nitrogen and oxygen atoms in total. The van der Waals surface area contributed by atoms with E-state index in [0.717, 1.165) is 13.2 Å². The molecule has 0 radical (unpaired) electrons. The van der Waals surface area contributed by atoms with Crippen molar-refractivity contribution in [1.82, 2.24) is 10.2 Å². The van der Waals surface area contributed by atoms with E-state index in [1.165, 1.54) is 32.4 Å². The average Bonchev–Trinajstić information content (AvgIpc) is 2.75. The van der Waals surface area contributed by atoms with E-state index in [2.05, 4.69) is 24.1 Å². The maximum absolute atomic E-state index is 5.17. The van der Waals surface area contributed by atoms with E-state index in [1.54, 1.807) is 7.11 Å². The van der Waals surface area contributed by atoms with Crippen LogP contribution in [-0.2, 0) is 4.74 Å². The number of nitrogens with zero attached hydrogens (tertiary/aromatic N) is 1. The Hall–Kier alpha value is -0.120. The van der Waals surface area contributed by atoms with E-state index in [9.17, 15) is 0 Å². The molecule has 0 aromatic rings.